The SMILES string of the molecule is CC1(C)CN(C(=O)Cc2ccccc2C(F)(F)F)CC[C@]1(C)O. The second-order valence-corrected chi connectivity index (χ2v) is 7.05. The fraction of sp³-hybridized carbons (Fsp3) is 0.588. The molecule has 1 amide bonds. The number of alkyl halides is 3. The average Bonchev–Trinajstić information content (AvgIpc) is 2.41. The molecule has 128 valence electrons. The van der Waals surface area contributed by atoms with E-state index >= 15 is 0 Å². The second-order valence-electron chi connectivity index (χ2n) is 7.05. The van der Waals surface area contributed by atoms with Crippen LogP contribution in [0.15, 0.2) is 24.3 Å². The quantitative estimate of drug-likeness (QED) is 0.905. The van der Waals surface area contributed by atoms with E-state index in [1.54, 1.807) is 11.8 Å². The van der Waals surface area contributed by atoms with Gasteiger partial charge in [0.25, 0.3) is 0 Å². The monoisotopic (exact) mass is 329 g/mol. The number of hydrogen-bond acceptors (Lipinski definition) is 2. The molecule has 0 saturated carbocycles. The van der Waals surface area contributed by atoms with Gasteiger partial charge in [-0.1, -0.05) is 32.0 Å². The topological polar surface area (TPSA) is 40.5 Å². The molecule has 3 nitrogen and oxygen atoms in total. The number of carbonyl (C=O) groups excluding carboxylic acids is 1. The number of benzene rings is 1. The Morgan fingerprint density at radius 3 is 2.43 bits per heavy atom. The summed E-state index contributed by atoms with van der Waals surface area (Å²) in [6.07, 6.45) is -4.34. The third-order valence-corrected chi connectivity index (χ3v) is 4.93. The van der Waals surface area contributed by atoms with Gasteiger partial charge >= 0.3 is 6.18 Å². The smallest absolute Gasteiger partial charge is 0.389 e. The predicted molar refractivity (Wildman–Crippen MR) is 80.7 cm³/mol. The Labute approximate surface area is 134 Å². The van der Waals surface area contributed by atoms with Gasteiger partial charge in [0, 0.05) is 18.5 Å². The minimum atomic E-state index is -4.47. The maximum atomic E-state index is 13.0. The molecule has 2 rings (SSSR count). The summed E-state index contributed by atoms with van der Waals surface area (Å²) in [5.74, 6) is -0.342. The highest BCUT2D eigenvalue weighted by Crippen LogP contribution is 2.38. The summed E-state index contributed by atoms with van der Waals surface area (Å²) in [6, 6.07) is 5.15. The molecule has 1 N–H and O–H groups in total. The molecule has 1 heterocycles. The summed E-state index contributed by atoms with van der Waals surface area (Å²) < 4.78 is 39.0. The summed E-state index contributed by atoms with van der Waals surface area (Å²) in [6.45, 7) is 6.12. The van der Waals surface area contributed by atoms with Crippen LogP contribution in [0.25, 0.3) is 0 Å². The van der Waals surface area contributed by atoms with E-state index in [1.165, 1.54) is 18.2 Å². The van der Waals surface area contributed by atoms with Crippen molar-refractivity contribution in [3.8, 4) is 0 Å². The van der Waals surface area contributed by atoms with E-state index in [0.717, 1.165) is 6.07 Å². The zero-order chi connectivity index (χ0) is 17.5. The van der Waals surface area contributed by atoms with Crippen molar-refractivity contribution in [3.63, 3.8) is 0 Å². The van der Waals surface area contributed by atoms with Crippen molar-refractivity contribution < 1.29 is 23.1 Å². The molecule has 1 aromatic carbocycles. The van der Waals surface area contributed by atoms with Crippen LogP contribution in [-0.2, 0) is 17.4 Å². The van der Waals surface area contributed by atoms with Gasteiger partial charge in [0.05, 0.1) is 17.6 Å². The van der Waals surface area contributed by atoms with Crippen molar-refractivity contribution in [2.24, 2.45) is 5.41 Å². The summed E-state index contributed by atoms with van der Waals surface area (Å²) in [7, 11) is 0. The van der Waals surface area contributed by atoms with Crippen molar-refractivity contribution in [3.05, 3.63) is 35.4 Å². The van der Waals surface area contributed by atoms with Gasteiger partial charge < -0.3 is 10.0 Å². The number of carbonyl (C=O) groups is 1. The van der Waals surface area contributed by atoms with Crippen LogP contribution >= 0.6 is 0 Å². The number of amides is 1. The minimum Gasteiger partial charge on any atom is -0.389 e. The maximum absolute atomic E-state index is 13.0. The first-order valence-corrected chi connectivity index (χ1v) is 7.59. The zero-order valence-electron chi connectivity index (χ0n) is 13.6. The molecule has 1 aliphatic heterocycles. The largest absolute Gasteiger partial charge is 0.416 e. The first-order chi connectivity index (χ1) is 10.4. The predicted octanol–water partition coefficient (Wildman–Crippen LogP) is 3.26. The molecule has 1 aliphatic rings. The summed E-state index contributed by atoms with van der Waals surface area (Å²) in [5.41, 5.74) is -2.19. The normalized spacial score (nSPS) is 24.6. The molecule has 0 bridgehead atoms. The van der Waals surface area contributed by atoms with Crippen molar-refractivity contribution >= 4 is 5.91 Å². The Bertz CT molecular complexity index is 594. The van der Waals surface area contributed by atoms with Gasteiger partial charge in [-0.25, -0.2) is 0 Å². The Balaban J connectivity index is 2.15. The van der Waals surface area contributed by atoms with Crippen molar-refractivity contribution in [1.29, 1.82) is 0 Å². The van der Waals surface area contributed by atoms with Gasteiger partial charge in [-0.2, -0.15) is 13.2 Å². The summed E-state index contributed by atoms with van der Waals surface area (Å²) in [4.78, 5) is 14.0. The Morgan fingerprint density at radius 2 is 1.87 bits per heavy atom. The molecular weight excluding hydrogens is 307 g/mol. The van der Waals surface area contributed by atoms with Crippen molar-refractivity contribution in [2.45, 2.75) is 45.4 Å². The number of rotatable bonds is 2. The molecular formula is C17H22F3NO2. The van der Waals surface area contributed by atoms with Crippen molar-refractivity contribution in [2.75, 3.05) is 13.1 Å². The fourth-order valence-corrected chi connectivity index (χ4v) is 2.86. The number of halogens is 3. The van der Waals surface area contributed by atoms with E-state index in [-0.39, 0.29) is 17.9 Å². The van der Waals surface area contributed by atoms with Crippen LogP contribution in [0.5, 0.6) is 0 Å². The van der Waals surface area contributed by atoms with Crippen LogP contribution in [0.4, 0.5) is 13.2 Å². The molecule has 23 heavy (non-hydrogen) atoms. The van der Waals surface area contributed by atoms with E-state index in [0.29, 0.717) is 19.5 Å². The van der Waals surface area contributed by atoms with Crippen LogP contribution in [0.1, 0.15) is 38.3 Å². The minimum absolute atomic E-state index is 0.0138. The lowest BCUT2D eigenvalue weighted by atomic mass is 9.71. The first-order valence-electron chi connectivity index (χ1n) is 7.59. The lowest BCUT2D eigenvalue weighted by molar-refractivity contribution is -0.146. The molecule has 1 atom stereocenters. The van der Waals surface area contributed by atoms with E-state index < -0.39 is 22.8 Å². The van der Waals surface area contributed by atoms with Gasteiger partial charge in [-0.3, -0.25) is 4.79 Å². The number of aliphatic hydroxyl groups is 1. The molecule has 0 aromatic heterocycles. The molecule has 0 spiro atoms. The molecule has 1 aromatic rings. The highest BCUT2D eigenvalue weighted by atomic mass is 19.4. The van der Waals surface area contributed by atoms with Crippen LogP contribution in [0.2, 0.25) is 0 Å². The molecule has 0 unspecified atom stereocenters. The molecule has 1 saturated heterocycles. The number of hydrogen-bond donors (Lipinski definition) is 1. The maximum Gasteiger partial charge on any atom is 0.416 e. The third-order valence-electron chi connectivity index (χ3n) is 4.93. The molecule has 6 heteroatoms. The summed E-state index contributed by atoms with van der Waals surface area (Å²) in [5, 5.41) is 10.4. The Morgan fingerprint density at radius 1 is 1.26 bits per heavy atom. The highest BCUT2D eigenvalue weighted by molar-refractivity contribution is 5.79. The van der Waals surface area contributed by atoms with Gasteiger partial charge in [0.1, 0.15) is 0 Å². The van der Waals surface area contributed by atoms with Crippen LogP contribution in [0.3, 0.4) is 0 Å². The van der Waals surface area contributed by atoms with E-state index in [1.807, 2.05) is 13.8 Å². The van der Waals surface area contributed by atoms with Gasteiger partial charge in [-0.05, 0) is 25.0 Å². The van der Waals surface area contributed by atoms with Crippen LogP contribution in [-0.4, -0.2) is 34.6 Å². The summed E-state index contributed by atoms with van der Waals surface area (Å²) >= 11 is 0. The van der Waals surface area contributed by atoms with Gasteiger partial charge in [0.15, 0.2) is 0 Å². The van der Waals surface area contributed by atoms with Gasteiger partial charge in [0.2, 0.25) is 5.91 Å². The van der Waals surface area contributed by atoms with Crippen LogP contribution < -0.4 is 0 Å². The molecule has 0 aliphatic carbocycles. The van der Waals surface area contributed by atoms with E-state index in [9.17, 15) is 23.1 Å². The lowest BCUT2D eigenvalue weighted by Gasteiger charge is -2.48. The van der Waals surface area contributed by atoms with E-state index in [2.05, 4.69) is 0 Å². The number of likely N-dealkylation sites (tertiary alicyclic amines) is 1. The number of nitrogens with zero attached hydrogens (tertiary/aromatic N) is 1. The number of piperidine rings is 1. The lowest BCUT2D eigenvalue weighted by Crippen LogP contribution is -2.57. The average molecular weight is 329 g/mol. The zero-order valence-corrected chi connectivity index (χ0v) is 13.6. The molecule has 0 radical (unpaired) electrons. The molecule has 1 fully saturated rings. The third kappa shape index (κ3) is 3.68. The van der Waals surface area contributed by atoms with Crippen LogP contribution in [0, 0.1) is 5.41 Å². The standard InChI is InChI=1S/C17H22F3NO2/c1-15(2)11-21(9-8-16(15,3)23)14(22)10-12-6-4-5-7-13(12)17(18,19)20/h4-7,23H,8-11H2,1-3H3/t16-/m0/s1. The second kappa shape index (κ2) is 5.82. The fourth-order valence-electron chi connectivity index (χ4n) is 2.86. The first kappa shape index (κ1) is 17.8. The van der Waals surface area contributed by atoms with Gasteiger partial charge in [-0.15, -0.1) is 0 Å². The van der Waals surface area contributed by atoms with E-state index in [4.69, 9.17) is 0 Å². The Hall–Kier alpha value is -1.56. The Kier molecular flexibility index (Phi) is 4.50. The van der Waals surface area contributed by atoms with Crippen molar-refractivity contribution in [1.82, 2.24) is 4.90 Å². The highest BCUT2D eigenvalue weighted by Gasteiger charge is 2.45.